The van der Waals surface area contributed by atoms with Crippen molar-refractivity contribution in [1.29, 1.82) is 0 Å². The standard InChI is InChI=1S/C29H30F3N5O2/c1-2-8-23-33-27(25-26(35-39-28(25)34-23)21-11-6-12-22(19-21)29(30,31)32)37-16-7-15-36(17-18-37)24(38)14-13-20-9-4-3-5-10-20/h3-6,9-12,19H,2,7-8,13-18H2,1H3. The summed E-state index contributed by atoms with van der Waals surface area (Å²) in [4.78, 5) is 26.3. The molecule has 7 nitrogen and oxygen atoms in total. The summed E-state index contributed by atoms with van der Waals surface area (Å²) in [5, 5.41) is 4.61. The Kier molecular flexibility index (Phi) is 7.81. The molecule has 0 saturated carbocycles. The van der Waals surface area contributed by atoms with Gasteiger partial charge in [-0.05, 0) is 37.0 Å². The molecule has 0 atom stereocenters. The van der Waals surface area contributed by atoms with Gasteiger partial charge in [-0.2, -0.15) is 18.2 Å². The molecule has 204 valence electrons. The number of fused-ring (bicyclic) bond motifs is 1. The van der Waals surface area contributed by atoms with Crippen molar-refractivity contribution in [2.45, 2.75) is 45.2 Å². The largest absolute Gasteiger partial charge is 0.416 e. The van der Waals surface area contributed by atoms with E-state index in [9.17, 15) is 18.0 Å². The van der Waals surface area contributed by atoms with Gasteiger partial charge in [-0.1, -0.05) is 54.5 Å². The Labute approximate surface area is 224 Å². The number of hydrogen-bond acceptors (Lipinski definition) is 6. The van der Waals surface area contributed by atoms with Crippen LogP contribution in [0.3, 0.4) is 0 Å². The number of amides is 1. The van der Waals surface area contributed by atoms with Gasteiger partial charge in [0.2, 0.25) is 5.91 Å². The summed E-state index contributed by atoms with van der Waals surface area (Å²) in [5.41, 5.74) is 1.17. The second kappa shape index (κ2) is 11.4. The van der Waals surface area contributed by atoms with E-state index >= 15 is 0 Å². The number of halogens is 3. The molecule has 2 aromatic heterocycles. The van der Waals surface area contributed by atoms with Gasteiger partial charge < -0.3 is 14.3 Å². The summed E-state index contributed by atoms with van der Waals surface area (Å²) in [6, 6.07) is 15.0. The predicted octanol–water partition coefficient (Wildman–Crippen LogP) is 5.93. The van der Waals surface area contributed by atoms with E-state index in [1.807, 2.05) is 42.2 Å². The van der Waals surface area contributed by atoms with E-state index in [4.69, 9.17) is 9.51 Å². The fourth-order valence-corrected chi connectivity index (χ4v) is 4.92. The van der Waals surface area contributed by atoms with Crippen molar-refractivity contribution in [2.24, 2.45) is 0 Å². The van der Waals surface area contributed by atoms with Crippen LogP contribution in [0.5, 0.6) is 0 Å². The van der Waals surface area contributed by atoms with Crippen molar-refractivity contribution in [1.82, 2.24) is 20.0 Å². The lowest BCUT2D eigenvalue weighted by molar-refractivity contribution is -0.137. The van der Waals surface area contributed by atoms with Crippen molar-refractivity contribution in [3.8, 4) is 11.3 Å². The van der Waals surface area contributed by atoms with Crippen LogP contribution in [0.4, 0.5) is 19.0 Å². The van der Waals surface area contributed by atoms with Crippen LogP contribution >= 0.6 is 0 Å². The minimum Gasteiger partial charge on any atom is -0.354 e. The van der Waals surface area contributed by atoms with Gasteiger partial charge in [0, 0.05) is 44.6 Å². The zero-order valence-corrected chi connectivity index (χ0v) is 21.7. The average Bonchev–Trinajstić information content (AvgIpc) is 3.20. The lowest BCUT2D eigenvalue weighted by atomic mass is 10.1. The number of nitrogens with zero attached hydrogens (tertiary/aromatic N) is 5. The maximum absolute atomic E-state index is 13.4. The quantitative estimate of drug-likeness (QED) is 0.291. The lowest BCUT2D eigenvalue weighted by Gasteiger charge is -2.24. The number of rotatable bonds is 7. The number of alkyl halides is 3. The molecule has 0 radical (unpaired) electrons. The van der Waals surface area contributed by atoms with Crippen molar-refractivity contribution < 1.29 is 22.5 Å². The molecular formula is C29H30F3N5O2. The summed E-state index contributed by atoms with van der Waals surface area (Å²) >= 11 is 0. The van der Waals surface area contributed by atoms with Crippen LogP contribution in [0.2, 0.25) is 0 Å². The van der Waals surface area contributed by atoms with Crippen molar-refractivity contribution in [3.05, 3.63) is 71.5 Å². The van der Waals surface area contributed by atoms with Gasteiger partial charge in [0.25, 0.3) is 5.71 Å². The molecule has 0 aliphatic carbocycles. The topological polar surface area (TPSA) is 75.4 Å². The van der Waals surface area contributed by atoms with Gasteiger partial charge in [-0.15, -0.1) is 0 Å². The molecule has 1 aliphatic heterocycles. The molecular weight excluding hydrogens is 507 g/mol. The molecule has 2 aromatic carbocycles. The zero-order chi connectivity index (χ0) is 27.4. The molecule has 3 heterocycles. The van der Waals surface area contributed by atoms with E-state index in [-0.39, 0.29) is 22.9 Å². The third-order valence-electron chi connectivity index (χ3n) is 6.92. The van der Waals surface area contributed by atoms with Crippen LogP contribution in [-0.4, -0.2) is 52.1 Å². The molecule has 1 aliphatic rings. The molecule has 5 rings (SSSR count). The molecule has 0 unspecified atom stereocenters. The van der Waals surface area contributed by atoms with Crippen LogP contribution in [0.25, 0.3) is 22.4 Å². The van der Waals surface area contributed by atoms with Crippen LogP contribution in [0.15, 0.2) is 59.1 Å². The van der Waals surface area contributed by atoms with Crippen molar-refractivity contribution in [2.75, 3.05) is 31.1 Å². The molecule has 10 heteroatoms. The highest BCUT2D eigenvalue weighted by atomic mass is 19.4. The Morgan fingerprint density at radius 1 is 0.974 bits per heavy atom. The SMILES string of the molecule is CCCc1nc(N2CCCN(C(=O)CCc3ccccc3)CC2)c2c(-c3cccc(C(F)(F)F)c3)noc2n1. The number of anilines is 1. The first-order valence-electron chi connectivity index (χ1n) is 13.2. The summed E-state index contributed by atoms with van der Waals surface area (Å²) in [7, 11) is 0. The molecule has 4 aromatic rings. The highest BCUT2D eigenvalue weighted by molar-refractivity contribution is 5.98. The monoisotopic (exact) mass is 537 g/mol. The van der Waals surface area contributed by atoms with Crippen molar-refractivity contribution in [3.63, 3.8) is 0 Å². The Morgan fingerprint density at radius 3 is 2.56 bits per heavy atom. The van der Waals surface area contributed by atoms with Gasteiger partial charge >= 0.3 is 6.18 Å². The van der Waals surface area contributed by atoms with E-state index in [0.29, 0.717) is 62.5 Å². The minimum absolute atomic E-state index is 0.106. The second-order valence-electron chi connectivity index (χ2n) is 9.71. The summed E-state index contributed by atoms with van der Waals surface area (Å²) in [5.74, 6) is 1.28. The summed E-state index contributed by atoms with van der Waals surface area (Å²) in [6.45, 7) is 4.33. The molecule has 0 bridgehead atoms. The normalized spacial score (nSPS) is 14.6. The molecule has 0 N–H and O–H groups in total. The number of hydrogen-bond donors (Lipinski definition) is 0. The first-order valence-corrected chi connectivity index (χ1v) is 13.2. The molecule has 39 heavy (non-hydrogen) atoms. The van der Waals surface area contributed by atoms with E-state index in [1.54, 1.807) is 6.07 Å². The van der Waals surface area contributed by atoms with Crippen LogP contribution in [0, 0.1) is 0 Å². The number of benzene rings is 2. The lowest BCUT2D eigenvalue weighted by Crippen LogP contribution is -2.35. The smallest absolute Gasteiger partial charge is 0.354 e. The van der Waals surface area contributed by atoms with Crippen LogP contribution in [-0.2, 0) is 23.8 Å². The molecule has 1 amide bonds. The Bertz CT molecular complexity index is 1440. The van der Waals surface area contributed by atoms with Crippen molar-refractivity contribution >= 4 is 22.8 Å². The maximum Gasteiger partial charge on any atom is 0.416 e. The second-order valence-corrected chi connectivity index (χ2v) is 9.71. The first kappa shape index (κ1) is 26.6. The Balaban J connectivity index is 1.42. The summed E-state index contributed by atoms with van der Waals surface area (Å²) < 4.78 is 45.8. The van der Waals surface area contributed by atoms with Crippen LogP contribution < -0.4 is 4.90 Å². The van der Waals surface area contributed by atoms with E-state index in [0.717, 1.165) is 30.5 Å². The fourth-order valence-electron chi connectivity index (χ4n) is 4.92. The Hall–Kier alpha value is -3.95. The van der Waals surface area contributed by atoms with Gasteiger partial charge in [0.15, 0.2) is 0 Å². The van der Waals surface area contributed by atoms with Gasteiger partial charge in [0.1, 0.15) is 22.7 Å². The predicted molar refractivity (Wildman–Crippen MR) is 142 cm³/mol. The molecule has 1 fully saturated rings. The third-order valence-corrected chi connectivity index (χ3v) is 6.92. The van der Waals surface area contributed by atoms with Gasteiger partial charge in [0.05, 0.1) is 5.56 Å². The number of aryl methyl sites for hydroxylation is 2. The average molecular weight is 538 g/mol. The third kappa shape index (κ3) is 6.05. The number of carbonyl (C=O) groups excluding carboxylic acids is 1. The highest BCUT2D eigenvalue weighted by Gasteiger charge is 2.31. The molecule has 1 saturated heterocycles. The molecule has 0 spiro atoms. The van der Waals surface area contributed by atoms with E-state index < -0.39 is 11.7 Å². The number of carbonyl (C=O) groups is 1. The zero-order valence-electron chi connectivity index (χ0n) is 21.7. The first-order chi connectivity index (χ1) is 18.8. The van der Waals surface area contributed by atoms with E-state index in [2.05, 4.69) is 15.0 Å². The highest BCUT2D eigenvalue weighted by Crippen LogP contribution is 2.37. The van der Waals surface area contributed by atoms with Gasteiger partial charge in [-0.3, -0.25) is 4.79 Å². The minimum atomic E-state index is -4.48. The van der Waals surface area contributed by atoms with Crippen LogP contribution in [0.1, 0.15) is 43.1 Å². The summed E-state index contributed by atoms with van der Waals surface area (Å²) in [6.07, 6.45) is -1.17. The Morgan fingerprint density at radius 2 is 1.79 bits per heavy atom. The fraction of sp³-hybridized carbons (Fsp3) is 0.379. The number of aromatic nitrogens is 3. The van der Waals surface area contributed by atoms with Gasteiger partial charge in [-0.25, -0.2) is 4.98 Å². The maximum atomic E-state index is 13.4. The van der Waals surface area contributed by atoms with E-state index in [1.165, 1.54) is 6.07 Å².